The minimum absolute atomic E-state index is 0.788. The molecule has 0 aromatic rings. The lowest BCUT2D eigenvalue weighted by atomic mass is 10.1. The average molecular weight is 321 g/mol. The van der Waals surface area contributed by atoms with Gasteiger partial charge in [-0.25, -0.2) is 0 Å². The maximum Gasteiger partial charge on any atom is 0.101 e. The molecule has 114 valence electrons. The number of unbranched alkanes of at least 4 members (excludes halogenated alkanes) is 9. The maximum absolute atomic E-state index is 4.89. The van der Waals surface area contributed by atoms with Crippen molar-refractivity contribution in [1.82, 2.24) is 0 Å². The van der Waals surface area contributed by atoms with Crippen LogP contribution in [0.25, 0.3) is 0 Å². The van der Waals surface area contributed by atoms with Crippen LogP contribution in [0.5, 0.6) is 0 Å². The largest absolute Gasteiger partial charge is 0.125 e. The molecule has 0 aliphatic rings. The summed E-state index contributed by atoms with van der Waals surface area (Å²) in [5.74, 6) is 1.15. The molecule has 0 spiro atoms. The number of hydrogen-bond donors (Lipinski definition) is 1. The van der Waals surface area contributed by atoms with Gasteiger partial charge in [0.2, 0.25) is 0 Å². The number of rotatable bonds is 11. The van der Waals surface area contributed by atoms with Crippen LogP contribution in [0.3, 0.4) is 0 Å². The van der Waals surface area contributed by atoms with Crippen molar-refractivity contribution < 1.29 is 0 Å². The SMILES string of the molecule is C=CC.CCCCCCCCCCCCSC(=S)S. The van der Waals surface area contributed by atoms with E-state index in [-0.39, 0.29) is 0 Å². The molecule has 19 heavy (non-hydrogen) atoms. The van der Waals surface area contributed by atoms with E-state index >= 15 is 0 Å². The van der Waals surface area contributed by atoms with Crippen LogP contribution in [0.15, 0.2) is 12.7 Å². The van der Waals surface area contributed by atoms with Crippen LogP contribution in [0, 0.1) is 0 Å². The van der Waals surface area contributed by atoms with E-state index in [2.05, 4.69) is 26.1 Å². The second-order valence-corrected chi connectivity index (χ2v) is 7.53. The van der Waals surface area contributed by atoms with Crippen LogP contribution in [0.1, 0.15) is 78.1 Å². The molecule has 0 aromatic carbocycles. The highest BCUT2D eigenvalue weighted by molar-refractivity contribution is 8.41. The Bertz CT molecular complexity index is 190. The Morgan fingerprint density at radius 1 is 1.00 bits per heavy atom. The van der Waals surface area contributed by atoms with Gasteiger partial charge in [-0.1, -0.05) is 83.0 Å². The van der Waals surface area contributed by atoms with Gasteiger partial charge in [0.1, 0.15) is 3.53 Å². The molecule has 0 atom stereocenters. The topological polar surface area (TPSA) is 0 Å². The lowest BCUT2D eigenvalue weighted by Crippen LogP contribution is -1.84. The van der Waals surface area contributed by atoms with Gasteiger partial charge in [0.15, 0.2) is 0 Å². The summed E-state index contributed by atoms with van der Waals surface area (Å²) in [6.07, 6.45) is 15.7. The predicted octanol–water partition coefficient (Wildman–Crippen LogP) is 7.05. The highest BCUT2D eigenvalue weighted by Gasteiger charge is 1.94. The van der Waals surface area contributed by atoms with Gasteiger partial charge in [-0.3, -0.25) is 0 Å². The fourth-order valence-electron chi connectivity index (χ4n) is 1.75. The third-order valence-electron chi connectivity index (χ3n) is 2.72. The highest BCUT2D eigenvalue weighted by Crippen LogP contribution is 2.14. The molecular formula is C16H32S3. The molecule has 0 radical (unpaired) electrons. The van der Waals surface area contributed by atoms with Crippen LogP contribution in [-0.2, 0) is 0 Å². The molecule has 0 aliphatic heterocycles. The van der Waals surface area contributed by atoms with Crippen molar-refractivity contribution in [2.24, 2.45) is 0 Å². The number of thiocarbonyl (C=S) groups is 1. The molecule has 0 unspecified atom stereocenters. The molecule has 0 amide bonds. The van der Waals surface area contributed by atoms with E-state index in [4.69, 9.17) is 12.2 Å². The average Bonchev–Trinajstić information content (AvgIpc) is 2.36. The Kier molecular flexibility index (Phi) is 23.9. The number of allylic oxidation sites excluding steroid dienone is 1. The first-order valence-electron chi connectivity index (χ1n) is 7.61. The molecule has 0 fully saturated rings. The fourth-order valence-corrected chi connectivity index (χ4v) is 2.80. The summed E-state index contributed by atoms with van der Waals surface area (Å²) in [4.78, 5) is 0. The standard InChI is InChI=1S/C13H26S3.C3H6/c1-2-3-4-5-6-7-8-9-10-11-12-16-13(14)15;1-3-2/h2-12H2,1H3,(H,14,15);3H,1H2,2H3. The van der Waals surface area contributed by atoms with E-state index in [1.54, 1.807) is 17.8 Å². The van der Waals surface area contributed by atoms with Crippen LogP contribution < -0.4 is 0 Å². The Hall–Kier alpha value is 0.530. The molecule has 0 nitrogen and oxygen atoms in total. The van der Waals surface area contributed by atoms with Gasteiger partial charge in [0.05, 0.1) is 0 Å². The number of hydrogen-bond acceptors (Lipinski definition) is 2. The van der Waals surface area contributed by atoms with Gasteiger partial charge in [-0.2, -0.15) is 0 Å². The summed E-state index contributed by atoms with van der Waals surface area (Å²) < 4.78 is 0.788. The number of thioether (sulfide) groups is 1. The van der Waals surface area contributed by atoms with Gasteiger partial charge < -0.3 is 0 Å². The van der Waals surface area contributed by atoms with E-state index < -0.39 is 0 Å². The second kappa shape index (κ2) is 20.8. The summed E-state index contributed by atoms with van der Waals surface area (Å²) in [5.41, 5.74) is 0. The van der Waals surface area contributed by atoms with E-state index in [1.807, 2.05) is 6.92 Å². The first-order chi connectivity index (χ1) is 9.18. The van der Waals surface area contributed by atoms with Crippen LogP contribution in [0.4, 0.5) is 0 Å². The molecular weight excluding hydrogens is 288 g/mol. The van der Waals surface area contributed by atoms with Gasteiger partial charge in [0, 0.05) is 0 Å². The molecule has 0 saturated heterocycles. The third kappa shape index (κ3) is 27.7. The molecule has 0 rings (SSSR count). The second-order valence-electron chi connectivity index (χ2n) is 4.70. The quantitative estimate of drug-likeness (QED) is 0.187. The minimum Gasteiger partial charge on any atom is -0.125 e. The Morgan fingerprint density at radius 2 is 1.37 bits per heavy atom. The summed E-state index contributed by atoms with van der Waals surface area (Å²) >= 11 is 10.7. The molecule has 0 heterocycles. The monoisotopic (exact) mass is 320 g/mol. The normalized spacial score (nSPS) is 9.63. The summed E-state index contributed by atoms with van der Waals surface area (Å²) in [5, 5.41) is 0. The van der Waals surface area contributed by atoms with Crippen LogP contribution in [0.2, 0.25) is 0 Å². The zero-order chi connectivity index (χ0) is 14.8. The molecule has 0 aliphatic carbocycles. The van der Waals surface area contributed by atoms with E-state index in [0.29, 0.717) is 0 Å². The number of thiol groups is 1. The molecule has 0 aromatic heterocycles. The van der Waals surface area contributed by atoms with Crippen molar-refractivity contribution >= 4 is 40.1 Å². The van der Waals surface area contributed by atoms with E-state index in [9.17, 15) is 0 Å². The van der Waals surface area contributed by atoms with Gasteiger partial charge in [-0.05, 0) is 19.1 Å². The molecule has 0 bridgehead atoms. The Labute approximate surface area is 136 Å². The zero-order valence-corrected chi connectivity index (χ0v) is 15.4. The molecule has 0 saturated carbocycles. The van der Waals surface area contributed by atoms with Crippen molar-refractivity contribution in [2.75, 3.05) is 5.75 Å². The maximum atomic E-state index is 4.89. The van der Waals surface area contributed by atoms with Crippen molar-refractivity contribution in [2.45, 2.75) is 78.1 Å². The van der Waals surface area contributed by atoms with E-state index in [0.717, 1.165) is 9.28 Å². The van der Waals surface area contributed by atoms with Gasteiger partial charge in [0.25, 0.3) is 0 Å². The minimum atomic E-state index is 0.788. The third-order valence-corrected chi connectivity index (χ3v) is 4.20. The first-order valence-corrected chi connectivity index (χ1v) is 9.45. The predicted molar refractivity (Wildman–Crippen MR) is 102 cm³/mol. The van der Waals surface area contributed by atoms with Crippen molar-refractivity contribution in [3.05, 3.63) is 12.7 Å². The smallest absolute Gasteiger partial charge is 0.101 e. The molecule has 0 N–H and O–H groups in total. The Balaban J connectivity index is 0. The Morgan fingerprint density at radius 3 is 1.74 bits per heavy atom. The van der Waals surface area contributed by atoms with Crippen LogP contribution >= 0.6 is 36.6 Å². The zero-order valence-electron chi connectivity index (χ0n) is 12.8. The van der Waals surface area contributed by atoms with Crippen molar-refractivity contribution in [1.29, 1.82) is 0 Å². The first kappa shape index (κ1) is 21.8. The highest BCUT2D eigenvalue weighted by atomic mass is 32.2. The van der Waals surface area contributed by atoms with Crippen molar-refractivity contribution in [3.63, 3.8) is 0 Å². The lowest BCUT2D eigenvalue weighted by Gasteiger charge is -2.01. The lowest BCUT2D eigenvalue weighted by molar-refractivity contribution is 0.563. The summed E-state index contributed by atoms with van der Waals surface area (Å²) in [6, 6.07) is 0. The van der Waals surface area contributed by atoms with Gasteiger partial charge in [-0.15, -0.1) is 31.0 Å². The van der Waals surface area contributed by atoms with Crippen molar-refractivity contribution in [3.8, 4) is 0 Å². The summed E-state index contributed by atoms with van der Waals surface area (Å²) in [7, 11) is 0. The van der Waals surface area contributed by atoms with E-state index in [1.165, 1.54) is 64.2 Å². The summed E-state index contributed by atoms with van der Waals surface area (Å²) in [6.45, 7) is 7.52. The van der Waals surface area contributed by atoms with Gasteiger partial charge >= 0.3 is 0 Å². The van der Waals surface area contributed by atoms with Crippen LogP contribution in [-0.4, -0.2) is 9.28 Å². The molecule has 3 heteroatoms. The fraction of sp³-hybridized carbons (Fsp3) is 0.812.